The Labute approximate surface area is 740 Å². The molecular weight excluding hydrogens is 1680 g/mol. The molecule has 5 N–H and O–H groups in total. The van der Waals surface area contributed by atoms with E-state index in [1.54, 1.807) is 71.3 Å². The Morgan fingerprint density at radius 1 is 0.488 bits per heavy atom. The number of likely N-dealkylation sites (tertiary alicyclic amines) is 4. The Kier molecular flexibility index (Phi) is 25.2. The SMILES string of the molecule is COC[C@H]1C[C@@H](C2=Nc3ccc4cc5c(cc4c3C2)OCc2cc(-c3cnc([C@@H]4CC(C(F)(F)F)CN4C(=O)[C@@H](NC(=O)OC)C(C)C)[nH]3)ccc2-5)N(C(=O)OC(C)(C)C)C1.COC[C@H]1C[C@@H](C2=Nc3ccc4cc5c(cc4c3C2)OCc2cc(-c3cnc([C@@H]4CC(C(F)(F)F)CN4C(=O)[C@@H](NC(=O)OC)C(C)C)[nH]3)ccc2-5)N(C(=O)[C@H](NC(=O)OC)c2ccccc2)C1. The smallest absolute Gasteiger partial charge is 0.410 e. The maximum atomic E-state index is 14.4. The predicted octanol–water partition coefficient (Wildman–Crippen LogP) is 16.7. The number of benzene rings is 7. The van der Waals surface area contributed by atoms with Crippen LogP contribution in [0.5, 0.6) is 11.5 Å². The van der Waals surface area contributed by atoms with Gasteiger partial charge in [-0.3, -0.25) is 29.3 Å². The molecule has 7 aromatic carbocycles. The standard InChI is InChI=1S/C50H52F3N7O8.C45H51F3N6O7/c1-26(2)43(57-48(63)66-4)46(61)60-23-32(50(51,52)53)18-41(60)45-54-21-39(56-45)30-11-13-33-31(16-30)25-68-42-20-34-29(17-36(33)42)12-14-37-35(34)19-38(55-37)40-15-27(24-65-3)22-59(40)47(62)44(58-49(64)67-5)28-9-7-6-8-10-28;1-23(2)39(52-42(56)59-7)41(55)53-20-28(45(46,47)48)15-37(53)40-49-18-35(51-40)26-8-10-29-27(13-26)22-60-38-17-30-25(14-32(29)38)9-11-33-31(30)16-34(50-33)36-12-24(21-58-6)19-54(36)43(57)61-44(3,4)5/h6-14,16-17,20-21,26-27,32,40-41,43-44H,15,18-19,22-25H2,1-5H3,(H,54,56)(H,57,63)(H,58,64);8-11,13-14,17-18,23-24,28,36-37,39H,12,15-16,19-22H2,1-7H3,(H,49,51)(H,52,56)/t27-,32?,40-,41-,43-,44+;24-,28?,36-,37-,39-/m00/s1. The number of aliphatic imine (C=N–C) groups is 2. The minimum atomic E-state index is -4.55. The van der Waals surface area contributed by atoms with E-state index in [9.17, 15) is 59.9 Å². The summed E-state index contributed by atoms with van der Waals surface area (Å²) in [7, 11) is 6.88. The monoisotopic (exact) mass is 1780 g/mol. The molecule has 2 unspecified atom stereocenters. The number of methoxy groups -OCH3 is 5. The largest absolute Gasteiger partial charge is 0.488 e. The highest BCUT2D eigenvalue weighted by atomic mass is 19.4. The molecule has 0 bridgehead atoms. The lowest BCUT2D eigenvalue weighted by atomic mass is 9.90. The highest BCUT2D eigenvalue weighted by molar-refractivity contribution is 6.08. The summed E-state index contributed by atoms with van der Waals surface area (Å²) in [5, 5.41) is 11.7. The van der Waals surface area contributed by atoms with Crippen molar-refractivity contribution in [2.24, 2.45) is 45.5 Å². The molecule has 8 aliphatic heterocycles. The number of halogens is 6. The lowest BCUT2D eigenvalue weighted by Gasteiger charge is -2.30. The molecule has 34 heteroatoms. The van der Waals surface area contributed by atoms with Gasteiger partial charge in [-0.15, -0.1) is 0 Å². The van der Waals surface area contributed by atoms with Gasteiger partial charge in [-0.1, -0.05) is 94.4 Å². The molecule has 28 nitrogen and oxygen atoms in total. The Bertz CT molecular complexity index is 5910. The van der Waals surface area contributed by atoms with Crippen molar-refractivity contribution in [1.82, 2.24) is 55.5 Å². The number of nitrogens with zero attached hydrogens (tertiary/aromatic N) is 8. The molecule has 0 aliphatic carbocycles. The molecule has 2 aromatic heterocycles. The summed E-state index contributed by atoms with van der Waals surface area (Å²) in [4.78, 5) is 123. The number of H-pyrrole nitrogens is 2. The number of hydrogen-bond acceptors (Lipinski definition) is 19. The lowest BCUT2D eigenvalue weighted by molar-refractivity contribution is -0.172. The minimum Gasteiger partial charge on any atom is -0.488 e. The van der Waals surface area contributed by atoms with Crippen molar-refractivity contribution in [2.75, 3.05) is 74.9 Å². The summed E-state index contributed by atoms with van der Waals surface area (Å²) < 4.78 is 129. The summed E-state index contributed by atoms with van der Waals surface area (Å²) in [6.07, 6.45) is -7.00. The number of carbonyl (C=O) groups is 7. The molecule has 17 rings (SSSR count). The van der Waals surface area contributed by atoms with Gasteiger partial charge in [0.2, 0.25) is 17.7 Å². The fourth-order valence-corrected chi connectivity index (χ4v) is 19.2. The highest BCUT2D eigenvalue weighted by Crippen LogP contribution is 2.51. The molecule has 0 saturated carbocycles. The van der Waals surface area contributed by atoms with Gasteiger partial charge in [0.15, 0.2) is 0 Å². The first-order valence-corrected chi connectivity index (χ1v) is 43.1. The number of fused-ring (bicyclic) bond motifs is 12. The quantitative estimate of drug-likeness (QED) is 0.0371. The maximum Gasteiger partial charge on any atom is 0.410 e. The van der Waals surface area contributed by atoms with Gasteiger partial charge < -0.3 is 78.5 Å². The zero-order valence-electron chi connectivity index (χ0n) is 73.5. The van der Waals surface area contributed by atoms with E-state index >= 15 is 0 Å². The van der Waals surface area contributed by atoms with E-state index in [4.69, 9.17) is 38.4 Å². The molecule has 680 valence electrons. The Balaban J connectivity index is 0.000000190. The number of carbonyl (C=O) groups excluding carboxylic acids is 7. The van der Waals surface area contributed by atoms with Crippen molar-refractivity contribution >= 4 is 86.4 Å². The van der Waals surface area contributed by atoms with Gasteiger partial charge in [0.05, 0.1) is 106 Å². The second-order valence-corrected chi connectivity index (χ2v) is 35.9. The van der Waals surface area contributed by atoms with E-state index in [0.717, 1.165) is 136 Å². The first-order valence-electron chi connectivity index (χ1n) is 43.1. The van der Waals surface area contributed by atoms with Crippen molar-refractivity contribution < 1.29 is 97.8 Å². The van der Waals surface area contributed by atoms with Crippen LogP contribution in [0.15, 0.2) is 138 Å². The number of hydrogen-bond donors (Lipinski definition) is 5. The van der Waals surface area contributed by atoms with Gasteiger partial charge >= 0.3 is 36.7 Å². The van der Waals surface area contributed by atoms with Crippen molar-refractivity contribution in [1.29, 1.82) is 0 Å². The van der Waals surface area contributed by atoms with Gasteiger partial charge in [-0.05, 0) is 178 Å². The van der Waals surface area contributed by atoms with Crippen LogP contribution in [-0.2, 0) is 68.9 Å². The van der Waals surface area contributed by atoms with Gasteiger partial charge in [-0.2, -0.15) is 26.3 Å². The first-order chi connectivity index (χ1) is 61.6. The molecule has 129 heavy (non-hydrogen) atoms. The van der Waals surface area contributed by atoms with Gasteiger partial charge in [-0.25, -0.2) is 29.1 Å². The molecule has 9 aromatic rings. The molecule has 8 aliphatic rings. The number of imidazole rings is 2. The lowest BCUT2D eigenvalue weighted by Crippen LogP contribution is -2.51. The molecule has 4 saturated heterocycles. The third-order valence-electron chi connectivity index (χ3n) is 25.6. The normalized spacial score (nSPS) is 21.0. The van der Waals surface area contributed by atoms with Crippen LogP contribution < -0.4 is 25.4 Å². The highest BCUT2D eigenvalue weighted by Gasteiger charge is 2.54. The second kappa shape index (κ2) is 36.2. The van der Waals surface area contributed by atoms with Crippen LogP contribution in [0.4, 0.5) is 56.9 Å². The van der Waals surface area contributed by atoms with Crippen LogP contribution in [0.3, 0.4) is 0 Å². The van der Waals surface area contributed by atoms with E-state index in [1.165, 1.54) is 7.11 Å². The third kappa shape index (κ3) is 18.4. The average molecular weight is 1780 g/mol. The molecule has 10 heterocycles. The molecule has 11 atom stereocenters. The summed E-state index contributed by atoms with van der Waals surface area (Å²) >= 11 is 0. The maximum absolute atomic E-state index is 14.4. The van der Waals surface area contributed by atoms with E-state index < -0.39 is 115 Å². The van der Waals surface area contributed by atoms with Gasteiger partial charge in [0, 0.05) is 87.6 Å². The van der Waals surface area contributed by atoms with Crippen LogP contribution in [-0.4, -0.2) is 210 Å². The molecule has 7 amide bonds. The number of alkyl halides is 6. The number of aromatic amines is 2. The zero-order valence-corrected chi connectivity index (χ0v) is 73.5. The van der Waals surface area contributed by atoms with E-state index in [1.807, 2.05) is 105 Å². The van der Waals surface area contributed by atoms with E-state index in [-0.39, 0.29) is 73.6 Å². The van der Waals surface area contributed by atoms with Crippen LogP contribution in [0.1, 0.15) is 132 Å². The van der Waals surface area contributed by atoms with Crippen molar-refractivity contribution in [3.05, 3.63) is 167 Å². The fraction of sp³-hybridized carbons (Fsp3) is 0.442. The molecule has 4 fully saturated rings. The number of alkyl carbamates (subject to hydrolysis) is 3. The summed E-state index contributed by atoms with van der Waals surface area (Å²) in [6, 6.07) is 31.6. The minimum absolute atomic E-state index is 0.0585. The van der Waals surface area contributed by atoms with E-state index in [2.05, 4.69) is 69.6 Å². The summed E-state index contributed by atoms with van der Waals surface area (Å²) in [6.45, 7) is 13.8. The van der Waals surface area contributed by atoms with Crippen LogP contribution in [0.25, 0.3) is 66.3 Å². The Morgan fingerprint density at radius 3 is 1.33 bits per heavy atom. The fourth-order valence-electron chi connectivity index (χ4n) is 19.2. The number of ether oxygens (including phenoxy) is 8. The number of aromatic nitrogens is 4. The van der Waals surface area contributed by atoms with Crippen LogP contribution >= 0.6 is 0 Å². The molecule has 0 spiro atoms. The van der Waals surface area contributed by atoms with Gasteiger partial charge in [0.25, 0.3) is 0 Å². The molecule has 0 radical (unpaired) electrons. The van der Waals surface area contributed by atoms with Crippen LogP contribution in [0, 0.1) is 35.5 Å². The van der Waals surface area contributed by atoms with E-state index in [0.29, 0.717) is 68.3 Å². The summed E-state index contributed by atoms with van der Waals surface area (Å²) in [5.74, 6) is -3.83. The predicted molar refractivity (Wildman–Crippen MR) is 467 cm³/mol. The average Bonchev–Trinajstić information content (AvgIpc) is 1.69. The second-order valence-electron chi connectivity index (χ2n) is 35.9. The topological polar surface area (TPSA) is 324 Å². The number of nitrogens with one attached hydrogen (secondary N) is 5. The summed E-state index contributed by atoms with van der Waals surface area (Å²) in [5.41, 5.74) is 13.8. The molecular formula is C95H103F6N13O15. The van der Waals surface area contributed by atoms with Crippen molar-refractivity contribution in [3.63, 3.8) is 0 Å². The zero-order chi connectivity index (χ0) is 91.6. The Morgan fingerprint density at radius 2 is 0.915 bits per heavy atom. The Hall–Kier alpha value is -12.6. The van der Waals surface area contributed by atoms with Crippen molar-refractivity contribution in [3.8, 4) is 56.3 Å². The third-order valence-corrected chi connectivity index (χ3v) is 25.6. The number of amides is 7. The van der Waals surface area contributed by atoms with Gasteiger partial charge in [0.1, 0.15) is 60.1 Å². The van der Waals surface area contributed by atoms with Crippen molar-refractivity contribution in [2.45, 2.75) is 160 Å². The number of rotatable bonds is 19. The first kappa shape index (κ1) is 89.8. The van der Waals surface area contributed by atoms with Crippen LogP contribution in [0.2, 0.25) is 0 Å².